The highest BCUT2D eigenvalue weighted by atomic mass is 19.1. The fourth-order valence-corrected chi connectivity index (χ4v) is 2.05. The molecule has 102 valence electrons. The fourth-order valence-electron chi connectivity index (χ4n) is 2.05. The Hall–Kier alpha value is -2.11. The summed E-state index contributed by atoms with van der Waals surface area (Å²) >= 11 is 0. The second kappa shape index (κ2) is 5.26. The normalized spacial score (nSPS) is 16.1. The maximum Gasteiger partial charge on any atom is 0.242 e. The Morgan fingerprint density at radius 3 is 2.47 bits per heavy atom. The first-order valence-electron chi connectivity index (χ1n) is 6.10. The molecular formula is C13H16FN3O2. The van der Waals surface area contributed by atoms with E-state index >= 15 is 0 Å². The van der Waals surface area contributed by atoms with E-state index in [1.807, 2.05) is 6.92 Å². The van der Waals surface area contributed by atoms with Crippen LogP contribution in [0.3, 0.4) is 0 Å². The van der Waals surface area contributed by atoms with E-state index in [-0.39, 0.29) is 37.1 Å². The van der Waals surface area contributed by atoms with Crippen LogP contribution in [0.15, 0.2) is 18.2 Å². The standard InChI is InChI=1S/C13H16FN3O2/c1-2-16-7-13(19)17(8-12(16)18)6-9-3-4-10(14)5-11(9)15/h3-5H,2,6-8,15H2,1H3. The number of nitrogen functional groups attached to an aromatic ring is 1. The first-order chi connectivity index (χ1) is 9.01. The molecule has 0 spiro atoms. The monoisotopic (exact) mass is 265 g/mol. The van der Waals surface area contributed by atoms with Gasteiger partial charge in [0.15, 0.2) is 0 Å². The van der Waals surface area contributed by atoms with Crippen LogP contribution in [0.2, 0.25) is 0 Å². The zero-order chi connectivity index (χ0) is 14.0. The summed E-state index contributed by atoms with van der Waals surface area (Å²) in [5, 5.41) is 0. The van der Waals surface area contributed by atoms with Crippen LogP contribution in [0, 0.1) is 5.82 Å². The number of hydrogen-bond donors (Lipinski definition) is 1. The number of piperazine rings is 1. The van der Waals surface area contributed by atoms with Gasteiger partial charge in [0.05, 0.1) is 6.54 Å². The minimum Gasteiger partial charge on any atom is -0.398 e. The lowest BCUT2D eigenvalue weighted by Gasteiger charge is -2.33. The van der Waals surface area contributed by atoms with Crippen LogP contribution in [-0.4, -0.2) is 41.2 Å². The molecule has 6 heteroatoms. The topological polar surface area (TPSA) is 66.6 Å². The molecule has 0 radical (unpaired) electrons. The largest absolute Gasteiger partial charge is 0.398 e. The van der Waals surface area contributed by atoms with Crippen molar-refractivity contribution < 1.29 is 14.0 Å². The van der Waals surface area contributed by atoms with Gasteiger partial charge in [0.1, 0.15) is 12.4 Å². The van der Waals surface area contributed by atoms with Crippen molar-refractivity contribution >= 4 is 17.5 Å². The molecule has 1 aromatic rings. The molecule has 1 heterocycles. The number of likely N-dealkylation sites (N-methyl/N-ethyl adjacent to an activating group) is 1. The van der Waals surface area contributed by atoms with Crippen molar-refractivity contribution in [2.45, 2.75) is 13.5 Å². The predicted molar refractivity (Wildman–Crippen MR) is 68.5 cm³/mol. The lowest BCUT2D eigenvalue weighted by atomic mass is 10.1. The number of hydrogen-bond acceptors (Lipinski definition) is 3. The van der Waals surface area contributed by atoms with E-state index in [1.54, 1.807) is 0 Å². The second-order valence-electron chi connectivity index (χ2n) is 4.50. The Kier molecular flexibility index (Phi) is 3.69. The molecule has 5 nitrogen and oxygen atoms in total. The van der Waals surface area contributed by atoms with E-state index < -0.39 is 5.82 Å². The quantitative estimate of drug-likeness (QED) is 0.814. The molecule has 0 atom stereocenters. The van der Waals surface area contributed by atoms with E-state index in [4.69, 9.17) is 5.73 Å². The average molecular weight is 265 g/mol. The number of rotatable bonds is 3. The van der Waals surface area contributed by atoms with Gasteiger partial charge in [0.2, 0.25) is 11.8 Å². The zero-order valence-electron chi connectivity index (χ0n) is 10.7. The van der Waals surface area contributed by atoms with Gasteiger partial charge >= 0.3 is 0 Å². The third-order valence-electron chi connectivity index (χ3n) is 3.21. The van der Waals surface area contributed by atoms with Crippen LogP contribution in [0.1, 0.15) is 12.5 Å². The summed E-state index contributed by atoms with van der Waals surface area (Å²) in [6.07, 6.45) is 0. The minimum absolute atomic E-state index is 0.0451. The number of nitrogens with two attached hydrogens (primary N) is 1. The van der Waals surface area contributed by atoms with Crippen LogP contribution in [-0.2, 0) is 16.1 Å². The van der Waals surface area contributed by atoms with Crippen molar-refractivity contribution in [2.75, 3.05) is 25.4 Å². The molecule has 19 heavy (non-hydrogen) atoms. The first-order valence-corrected chi connectivity index (χ1v) is 6.10. The lowest BCUT2D eigenvalue weighted by molar-refractivity contribution is -0.150. The summed E-state index contributed by atoms with van der Waals surface area (Å²) in [5.74, 6) is -0.618. The molecule has 1 aliphatic rings. The van der Waals surface area contributed by atoms with Crippen molar-refractivity contribution in [1.29, 1.82) is 0 Å². The zero-order valence-corrected chi connectivity index (χ0v) is 10.7. The number of anilines is 1. The van der Waals surface area contributed by atoms with Gasteiger partial charge in [-0.25, -0.2) is 4.39 Å². The Balaban J connectivity index is 2.11. The molecule has 0 unspecified atom stereocenters. The highest BCUT2D eigenvalue weighted by Crippen LogP contribution is 2.17. The number of carbonyl (C=O) groups is 2. The Labute approximate surface area is 110 Å². The molecule has 0 saturated carbocycles. The van der Waals surface area contributed by atoms with Crippen molar-refractivity contribution in [3.63, 3.8) is 0 Å². The van der Waals surface area contributed by atoms with Gasteiger partial charge in [-0.2, -0.15) is 0 Å². The van der Waals surface area contributed by atoms with Crippen LogP contribution in [0.25, 0.3) is 0 Å². The number of benzene rings is 1. The number of carbonyl (C=O) groups excluding carboxylic acids is 2. The summed E-state index contributed by atoms with van der Waals surface area (Å²) < 4.78 is 12.9. The lowest BCUT2D eigenvalue weighted by Crippen LogP contribution is -2.53. The highest BCUT2D eigenvalue weighted by Gasteiger charge is 2.28. The van der Waals surface area contributed by atoms with Crippen LogP contribution in [0.5, 0.6) is 0 Å². The minimum atomic E-state index is -0.417. The Bertz CT molecular complexity index is 519. The van der Waals surface area contributed by atoms with Gasteiger partial charge in [-0.15, -0.1) is 0 Å². The maximum atomic E-state index is 12.9. The summed E-state index contributed by atoms with van der Waals surface area (Å²) in [7, 11) is 0. The fraction of sp³-hybridized carbons (Fsp3) is 0.385. The van der Waals surface area contributed by atoms with E-state index in [2.05, 4.69) is 0 Å². The van der Waals surface area contributed by atoms with E-state index in [0.29, 0.717) is 12.1 Å². The second-order valence-corrected chi connectivity index (χ2v) is 4.50. The van der Waals surface area contributed by atoms with Crippen LogP contribution < -0.4 is 5.73 Å². The smallest absolute Gasteiger partial charge is 0.242 e. The molecule has 1 aliphatic heterocycles. The van der Waals surface area contributed by atoms with Gasteiger partial charge < -0.3 is 15.5 Å². The molecule has 0 aliphatic carbocycles. The molecule has 1 aromatic carbocycles. The van der Waals surface area contributed by atoms with Crippen molar-refractivity contribution in [3.05, 3.63) is 29.6 Å². The van der Waals surface area contributed by atoms with E-state index in [9.17, 15) is 14.0 Å². The van der Waals surface area contributed by atoms with Gasteiger partial charge in [-0.05, 0) is 24.6 Å². The highest BCUT2D eigenvalue weighted by molar-refractivity contribution is 5.92. The summed E-state index contributed by atoms with van der Waals surface area (Å²) in [6.45, 7) is 2.73. The molecule has 2 rings (SSSR count). The molecule has 0 bridgehead atoms. The van der Waals surface area contributed by atoms with Gasteiger partial charge in [0, 0.05) is 18.8 Å². The van der Waals surface area contributed by atoms with E-state index in [1.165, 1.54) is 28.0 Å². The van der Waals surface area contributed by atoms with Crippen molar-refractivity contribution in [3.8, 4) is 0 Å². The number of nitrogens with zero attached hydrogens (tertiary/aromatic N) is 2. The van der Waals surface area contributed by atoms with Crippen LogP contribution in [0.4, 0.5) is 10.1 Å². The third kappa shape index (κ3) is 2.83. The van der Waals surface area contributed by atoms with Gasteiger partial charge in [-0.1, -0.05) is 6.07 Å². The van der Waals surface area contributed by atoms with Crippen molar-refractivity contribution in [1.82, 2.24) is 9.80 Å². The molecule has 0 aromatic heterocycles. The summed E-state index contributed by atoms with van der Waals surface area (Å²) in [5.41, 5.74) is 6.63. The predicted octanol–water partition coefficient (Wildman–Crippen LogP) is 0.599. The van der Waals surface area contributed by atoms with Crippen molar-refractivity contribution in [2.24, 2.45) is 0 Å². The molecule has 1 fully saturated rings. The summed E-state index contributed by atoms with van der Waals surface area (Å²) in [4.78, 5) is 26.6. The first kappa shape index (κ1) is 13.3. The average Bonchev–Trinajstić information content (AvgIpc) is 2.36. The SMILES string of the molecule is CCN1CC(=O)N(Cc2ccc(F)cc2N)CC1=O. The summed E-state index contributed by atoms with van der Waals surface area (Å²) in [6, 6.07) is 4.04. The molecule has 2 amide bonds. The number of halogens is 1. The Morgan fingerprint density at radius 2 is 1.84 bits per heavy atom. The maximum absolute atomic E-state index is 12.9. The third-order valence-corrected chi connectivity index (χ3v) is 3.21. The Morgan fingerprint density at radius 1 is 1.21 bits per heavy atom. The number of amides is 2. The van der Waals surface area contributed by atoms with Gasteiger partial charge in [-0.3, -0.25) is 9.59 Å². The van der Waals surface area contributed by atoms with Gasteiger partial charge in [0.25, 0.3) is 0 Å². The van der Waals surface area contributed by atoms with Crippen LogP contribution >= 0.6 is 0 Å². The molecular weight excluding hydrogens is 249 g/mol. The van der Waals surface area contributed by atoms with E-state index in [0.717, 1.165) is 0 Å². The molecule has 2 N–H and O–H groups in total. The molecule has 1 saturated heterocycles.